The number of carbonyl (C=O) groups is 2. The molecule has 2 N–H and O–H groups in total. The molecule has 0 aromatic heterocycles. The average Bonchev–Trinajstić information content (AvgIpc) is 3.11. The molecular weight excluding hydrogens is 334 g/mol. The number of ketones is 1. The molecule has 1 heterocycles. The third-order valence-electron chi connectivity index (χ3n) is 3.67. The van der Waals surface area contributed by atoms with Crippen LogP contribution in [-0.2, 0) is 4.79 Å². The molecule has 0 unspecified atom stereocenters. The zero-order valence-electron chi connectivity index (χ0n) is 13.8. The predicted molar refractivity (Wildman–Crippen MR) is 97.6 cm³/mol. The van der Waals surface area contributed by atoms with Crippen molar-refractivity contribution in [3.05, 3.63) is 71.8 Å². The molecule has 0 radical (unpaired) electrons. The molecular formula is C20H17NO5. The van der Waals surface area contributed by atoms with Crippen molar-refractivity contribution in [2.75, 3.05) is 18.7 Å². The fraction of sp³-hybridized carbons (Fsp3) is 0.100. The lowest BCUT2D eigenvalue weighted by Gasteiger charge is -2.07. The summed E-state index contributed by atoms with van der Waals surface area (Å²) in [4.78, 5) is 23.0. The fourth-order valence-corrected chi connectivity index (χ4v) is 2.44. The number of carbonyl (C=O) groups excluding carboxylic acids is 1. The summed E-state index contributed by atoms with van der Waals surface area (Å²) in [6, 6.07) is 12.4. The van der Waals surface area contributed by atoms with Crippen molar-refractivity contribution in [1.29, 1.82) is 0 Å². The third kappa shape index (κ3) is 4.30. The maximum absolute atomic E-state index is 12.3. The molecule has 6 heteroatoms. The van der Waals surface area contributed by atoms with Crippen LogP contribution in [0, 0.1) is 0 Å². The van der Waals surface area contributed by atoms with E-state index in [9.17, 15) is 9.59 Å². The summed E-state index contributed by atoms with van der Waals surface area (Å²) in [6.07, 6.45) is 6.68. The maximum Gasteiger partial charge on any atom is 0.322 e. The SMILES string of the molecule is O=C(O)CNc1ccccc1C(=O)C=CC=Cc1ccc2c(c1)OCO2. The second-order valence-electron chi connectivity index (χ2n) is 5.49. The Kier molecular flexibility index (Phi) is 5.34. The van der Waals surface area contributed by atoms with Gasteiger partial charge in [-0.15, -0.1) is 0 Å². The van der Waals surface area contributed by atoms with Crippen molar-refractivity contribution >= 4 is 23.5 Å². The number of carboxylic acid groups (broad SMARTS) is 1. The van der Waals surface area contributed by atoms with Gasteiger partial charge >= 0.3 is 5.97 Å². The number of allylic oxidation sites excluding steroid dienone is 3. The van der Waals surface area contributed by atoms with Crippen molar-refractivity contribution in [1.82, 2.24) is 0 Å². The molecule has 2 aromatic carbocycles. The number of fused-ring (bicyclic) bond motifs is 1. The minimum Gasteiger partial charge on any atom is -0.480 e. The summed E-state index contributed by atoms with van der Waals surface area (Å²) in [5, 5.41) is 11.5. The smallest absolute Gasteiger partial charge is 0.322 e. The van der Waals surface area contributed by atoms with Crippen molar-refractivity contribution < 1.29 is 24.2 Å². The summed E-state index contributed by atoms with van der Waals surface area (Å²) in [7, 11) is 0. The van der Waals surface area contributed by atoms with Crippen molar-refractivity contribution in [3.63, 3.8) is 0 Å². The van der Waals surface area contributed by atoms with Crippen molar-refractivity contribution in [3.8, 4) is 11.5 Å². The van der Waals surface area contributed by atoms with E-state index in [2.05, 4.69) is 5.32 Å². The summed E-state index contributed by atoms with van der Waals surface area (Å²) in [6.45, 7) is -0.0236. The van der Waals surface area contributed by atoms with Gasteiger partial charge in [0.15, 0.2) is 17.3 Å². The Hall–Kier alpha value is -3.54. The van der Waals surface area contributed by atoms with Crippen LogP contribution in [0.3, 0.4) is 0 Å². The number of rotatable bonds is 7. The highest BCUT2D eigenvalue weighted by Gasteiger charge is 2.12. The van der Waals surface area contributed by atoms with Crippen LogP contribution in [0.1, 0.15) is 15.9 Å². The van der Waals surface area contributed by atoms with E-state index >= 15 is 0 Å². The summed E-state index contributed by atoms with van der Waals surface area (Å²) in [5.41, 5.74) is 1.83. The normalized spacial score (nSPS) is 12.6. The standard InChI is InChI=1S/C20H17NO5/c22-17(15-6-2-3-7-16(15)21-12-20(23)24)8-4-1-5-14-9-10-18-19(11-14)26-13-25-18/h1-11,21H,12-13H2,(H,23,24). The second-order valence-corrected chi connectivity index (χ2v) is 5.49. The van der Waals surface area contributed by atoms with Gasteiger partial charge in [0.1, 0.15) is 6.54 Å². The largest absolute Gasteiger partial charge is 0.480 e. The monoisotopic (exact) mass is 351 g/mol. The first-order chi connectivity index (χ1) is 12.6. The molecule has 6 nitrogen and oxygen atoms in total. The molecule has 0 spiro atoms. The fourth-order valence-electron chi connectivity index (χ4n) is 2.44. The highest BCUT2D eigenvalue weighted by atomic mass is 16.7. The Labute approximate surface area is 150 Å². The van der Waals surface area contributed by atoms with E-state index in [1.165, 1.54) is 6.08 Å². The molecule has 1 aliphatic heterocycles. The Bertz CT molecular complexity index is 886. The van der Waals surface area contributed by atoms with Crippen LogP contribution < -0.4 is 14.8 Å². The van der Waals surface area contributed by atoms with Gasteiger partial charge in [-0.1, -0.05) is 36.4 Å². The van der Waals surface area contributed by atoms with Crippen LogP contribution in [-0.4, -0.2) is 30.2 Å². The third-order valence-corrected chi connectivity index (χ3v) is 3.67. The van der Waals surface area contributed by atoms with Gasteiger partial charge in [0.05, 0.1) is 0 Å². The van der Waals surface area contributed by atoms with Gasteiger partial charge < -0.3 is 19.9 Å². The maximum atomic E-state index is 12.3. The van der Waals surface area contributed by atoms with Gasteiger partial charge in [0, 0.05) is 11.3 Å². The number of hydrogen-bond acceptors (Lipinski definition) is 5. The number of hydrogen-bond donors (Lipinski definition) is 2. The van der Waals surface area contributed by atoms with Crippen LogP contribution in [0.15, 0.2) is 60.7 Å². The number of carboxylic acids is 1. The second kappa shape index (κ2) is 8.02. The average molecular weight is 351 g/mol. The Morgan fingerprint density at radius 3 is 2.73 bits per heavy atom. The van der Waals surface area contributed by atoms with E-state index in [1.54, 1.807) is 36.4 Å². The van der Waals surface area contributed by atoms with E-state index < -0.39 is 5.97 Å². The zero-order valence-corrected chi connectivity index (χ0v) is 13.8. The molecule has 0 saturated heterocycles. The van der Waals surface area contributed by atoms with Crippen LogP contribution >= 0.6 is 0 Å². The lowest BCUT2D eigenvalue weighted by Crippen LogP contribution is -2.14. The van der Waals surface area contributed by atoms with E-state index in [0.717, 1.165) is 11.3 Å². The highest BCUT2D eigenvalue weighted by molar-refractivity contribution is 6.08. The van der Waals surface area contributed by atoms with Gasteiger partial charge in [-0.2, -0.15) is 0 Å². The van der Waals surface area contributed by atoms with Crippen LogP contribution in [0.25, 0.3) is 6.08 Å². The van der Waals surface area contributed by atoms with Gasteiger partial charge in [-0.3, -0.25) is 9.59 Å². The number of ether oxygens (including phenoxy) is 2. The summed E-state index contributed by atoms with van der Waals surface area (Å²) < 4.78 is 10.6. The van der Waals surface area contributed by atoms with Crippen molar-refractivity contribution in [2.24, 2.45) is 0 Å². The number of aliphatic carboxylic acids is 1. The molecule has 0 fully saturated rings. The van der Waals surface area contributed by atoms with E-state index in [0.29, 0.717) is 17.0 Å². The lowest BCUT2D eigenvalue weighted by atomic mass is 10.1. The van der Waals surface area contributed by atoms with Crippen LogP contribution in [0.2, 0.25) is 0 Å². The number of nitrogens with one attached hydrogen (secondary N) is 1. The molecule has 0 amide bonds. The Morgan fingerprint density at radius 1 is 1.08 bits per heavy atom. The van der Waals surface area contributed by atoms with E-state index in [4.69, 9.17) is 14.6 Å². The molecule has 0 aliphatic carbocycles. The van der Waals surface area contributed by atoms with Crippen molar-refractivity contribution in [2.45, 2.75) is 0 Å². The van der Waals surface area contributed by atoms with Gasteiger partial charge in [-0.25, -0.2) is 0 Å². The topological polar surface area (TPSA) is 84.9 Å². The molecule has 26 heavy (non-hydrogen) atoms. The number of anilines is 1. The Balaban J connectivity index is 1.65. The number of para-hydroxylation sites is 1. The molecule has 1 aliphatic rings. The molecule has 0 saturated carbocycles. The van der Waals surface area contributed by atoms with Crippen LogP contribution in [0.5, 0.6) is 11.5 Å². The van der Waals surface area contributed by atoms with E-state index in [-0.39, 0.29) is 19.1 Å². The lowest BCUT2D eigenvalue weighted by molar-refractivity contribution is -0.134. The van der Waals surface area contributed by atoms with Crippen LogP contribution in [0.4, 0.5) is 5.69 Å². The first kappa shape index (κ1) is 17.3. The number of benzene rings is 2. The quantitative estimate of drug-likeness (QED) is 0.452. The highest BCUT2D eigenvalue weighted by Crippen LogP contribution is 2.32. The minimum absolute atomic E-state index is 0.214. The molecule has 0 bridgehead atoms. The molecule has 3 rings (SSSR count). The van der Waals surface area contributed by atoms with Gasteiger partial charge in [0.2, 0.25) is 6.79 Å². The predicted octanol–water partition coefficient (Wildman–Crippen LogP) is 3.36. The molecule has 132 valence electrons. The van der Waals surface area contributed by atoms with Gasteiger partial charge in [-0.05, 0) is 35.9 Å². The van der Waals surface area contributed by atoms with Gasteiger partial charge in [0.25, 0.3) is 0 Å². The van der Waals surface area contributed by atoms with E-state index in [1.807, 2.05) is 24.3 Å². The molecule has 2 aromatic rings. The molecule has 0 atom stereocenters. The Morgan fingerprint density at radius 2 is 1.88 bits per heavy atom. The minimum atomic E-state index is -0.991. The summed E-state index contributed by atoms with van der Waals surface area (Å²) in [5.74, 6) is 0.215. The first-order valence-corrected chi connectivity index (χ1v) is 7.97. The zero-order chi connectivity index (χ0) is 18.4. The first-order valence-electron chi connectivity index (χ1n) is 7.97. The summed E-state index contributed by atoms with van der Waals surface area (Å²) >= 11 is 0.